The predicted molar refractivity (Wildman–Crippen MR) is 175 cm³/mol. The van der Waals surface area contributed by atoms with Crippen molar-refractivity contribution in [3.63, 3.8) is 0 Å². The summed E-state index contributed by atoms with van der Waals surface area (Å²) in [5.41, 5.74) is 11.4. The summed E-state index contributed by atoms with van der Waals surface area (Å²) in [7, 11) is 0. The van der Waals surface area contributed by atoms with Crippen molar-refractivity contribution in [1.82, 2.24) is 0 Å². The molecule has 0 saturated carbocycles. The van der Waals surface area contributed by atoms with Gasteiger partial charge in [-0.15, -0.1) is 0 Å². The summed E-state index contributed by atoms with van der Waals surface area (Å²) >= 11 is 0. The Balaban J connectivity index is 4.71. The van der Waals surface area contributed by atoms with Crippen LogP contribution in [0.2, 0.25) is 0 Å². The Bertz CT molecular complexity index is 336. The Morgan fingerprint density at radius 2 is 0.500 bits per heavy atom. The fourth-order valence-electron chi connectivity index (χ4n) is 6.47. The third-order valence-electron chi connectivity index (χ3n) is 9.08. The average molecular weight is 537 g/mol. The van der Waals surface area contributed by atoms with E-state index in [4.69, 9.17) is 11.5 Å². The van der Waals surface area contributed by atoms with Gasteiger partial charge in [0.2, 0.25) is 0 Å². The van der Waals surface area contributed by atoms with Crippen molar-refractivity contribution < 1.29 is 0 Å². The third kappa shape index (κ3) is 27.5. The molecule has 0 rings (SSSR count). The van der Waals surface area contributed by atoms with E-state index in [0.29, 0.717) is 0 Å². The first-order valence-corrected chi connectivity index (χ1v) is 18.2. The molecule has 0 aromatic heterocycles. The molecule has 0 fully saturated rings. The molecule has 4 N–H and O–H groups in total. The third-order valence-corrected chi connectivity index (χ3v) is 9.08. The van der Waals surface area contributed by atoms with E-state index in [2.05, 4.69) is 13.8 Å². The van der Waals surface area contributed by atoms with Crippen LogP contribution in [0.4, 0.5) is 0 Å². The highest BCUT2D eigenvalue weighted by Crippen LogP contribution is 2.33. The number of hydrogen-bond acceptors (Lipinski definition) is 2. The number of rotatable bonds is 33. The van der Waals surface area contributed by atoms with Crippen molar-refractivity contribution in [3.05, 3.63) is 0 Å². The molecule has 0 amide bonds. The largest absolute Gasteiger partial charge is 0.330 e. The summed E-state index contributed by atoms with van der Waals surface area (Å²) < 4.78 is 0. The number of unbranched alkanes of at least 4 members (excludes halogenated alkanes) is 22. The van der Waals surface area contributed by atoms with Gasteiger partial charge >= 0.3 is 0 Å². The standard InChI is InChI=1S/C36H76N2/c1-3-5-7-9-11-17-23-29-35(31-25-19-13-15-21-27-33-37)36(30-24-18-12-10-8-6-4-2)32-26-20-14-16-22-28-34-38/h35-36H,3-34,37-38H2,1-2H3. The molecular weight excluding hydrogens is 460 g/mol. The van der Waals surface area contributed by atoms with Crippen molar-refractivity contribution >= 4 is 0 Å². The van der Waals surface area contributed by atoms with E-state index in [0.717, 1.165) is 24.9 Å². The van der Waals surface area contributed by atoms with E-state index in [1.807, 2.05) is 0 Å². The Labute approximate surface area is 242 Å². The first kappa shape index (κ1) is 37.9. The summed E-state index contributed by atoms with van der Waals surface area (Å²) in [6, 6.07) is 0. The van der Waals surface area contributed by atoms with Crippen molar-refractivity contribution in [1.29, 1.82) is 0 Å². The molecule has 0 aliphatic heterocycles. The van der Waals surface area contributed by atoms with Gasteiger partial charge < -0.3 is 11.5 Å². The molecule has 2 unspecified atom stereocenters. The summed E-state index contributed by atoms with van der Waals surface area (Å²) in [5.74, 6) is 1.99. The molecular formula is C36H76N2. The fourth-order valence-corrected chi connectivity index (χ4v) is 6.47. The van der Waals surface area contributed by atoms with E-state index in [-0.39, 0.29) is 0 Å². The van der Waals surface area contributed by atoms with Crippen LogP contribution in [0.5, 0.6) is 0 Å². The number of hydrogen-bond donors (Lipinski definition) is 2. The second-order valence-electron chi connectivity index (χ2n) is 12.7. The lowest BCUT2D eigenvalue weighted by Crippen LogP contribution is -2.16. The van der Waals surface area contributed by atoms with Crippen LogP contribution in [0, 0.1) is 11.8 Å². The first-order valence-electron chi connectivity index (χ1n) is 18.2. The van der Waals surface area contributed by atoms with Gasteiger partial charge in [0.15, 0.2) is 0 Å². The summed E-state index contributed by atoms with van der Waals surface area (Å²) in [4.78, 5) is 0. The van der Waals surface area contributed by atoms with Crippen molar-refractivity contribution in [2.75, 3.05) is 13.1 Å². The minimum atomic E-state index is 0.869. The maximum Gasteiger partial charge on any atom is -0.00773 e. The molecule has 0 aromatic rings. The van der Waals surface area contributed by atoms with Gasteiger partial charge in [0, 0.05) is 0 Å². The van der Waals surface area contributed by atoms with Crippen LogP contribution >= 0.6 is 0 Å². The molecule has 0 aliphatic carbocycles. The summed E-state index contributed by atoms with van der Waals surface area (Å²) in [6.07, 6.45) is 42.9. The van der Waals surface area contributed by atoms with Gasteiger partial charge in [0.1, 0.15) is 0 Å². The van der Waals surface area contributed by atoms with Crippen molar-refractivity contribution in [2.45, 2.75) is 206 Å². The Kier molecular flexibility index (Phi) is 33.1. The lowest BCUT2D eigenvalue weighted by Gasteiger charge is -2.28. The summed E-state index contributed by atoms with van der Waals surface area (Å²) in [6.45, 7) is 6.39. The molecule has 0 aromatic carbocycles. The summed E-state index contributed by atoms with van der Waals surface area (Å²) in [5, 5.41) is 0. The maximum absolute atomic E-state index is 5.69. The van der Waals surface area contributed by atoms with Crippen molar-refractivity contribution in [3.8, 4) is 0 Å². The second kappa shape index (κ2) is 33.1. The molecule has 2 heteroatoms. The van der Waals surface area contributed by atoms with Crippen LogP contribution in [0.1, 0.15) is 206 Å². The topological polar surface area (TPSA) is 52.0 Å². The minimum absolute atomic E-state index is 0.869. The van der Waals surface area contributed by atoms with Crippen LogP contribution < -0.4 is 11.5 Å². The zero-order valence-corrected chi connectivity index (χ0v) is 26.9. The molecule has 0 radical (unpaired) electrons. The van der Waals surface area contributed by atoms with E-state index in [1.54, 1.807) is 0 Å². The van der Waals surface area contributed by atoms with Crippen LogP contribution in [0.25, 0.3) is 0 Å². The Hall–Kier alpha value is -0.0800. The molecule has 0 bridgehead atoms. The molecule has 2 nitrogen and oxygen atoms in total. The zero-order chi connectivity index (χ0) is 27.8. The smallest absolute Gasteiger partial charge is 0.00773 e. The molecule has 38 heavy (non-hydrogen) atoms. The van der Waals surface area contributed by atoms with Crippen LogP contribution in [0.3, 0.4) is 0 Å². The maximum atomic E-state index is 5.69. The van der Waals surface area contributed by atoms with E-state index in [9.17, 15) is 0 Å². The molecule has 2 atom stereocenters. The van der Waals surface area contributed by atoms with Gasteiger partial charge in [-0.1, -0.05) is 194 Å². The van der Waals surface area contributed by atoms with E-state index < -0.39 is 0 Å². The first-order chi connectivity index (χ1) is 18.8. The number of nitrogens with two attached hydrogens (primary N) is 2. The zero-order valence-electron chi connectivity index (χ0n) is 26.9. The molecule has 0 spiro atoms. The van der Waals surface area contributed by atoms with Gasteiger partial charge in [-0.2, -0.15) is 0 Å². The SMILES string of the molecule is CCCCCCCCCC(CCCCCCCCN)C(CCCCCCCCC)CCCCCCCCN. The van der Waals surface area contributed by atoms with Crippen LogP contribution in [0.15, 0.2) is 0 Å². The van der Waals surface area contributed by atoms with E-state index >= 15 is 0 Å². The molecule has 0 saturated heterocycles. The van der Waals surface area contributed by atoms with Gasteiger partial charge in [-0.3, -0.25) is 0 Å². The van der Waals surface area contributed by atoms with Crippen molar-refractivity contribution in [2.24, 2.45) is 23.3 Å². The highest BCUT2D eigenvalue weighted by molar-refractivity contribution is 4.72. The highest BCUT2D eigenvalue weighted by atomic mass is 14.5. The van der Waals surface area contributed by atoms with Crippen LogP contribution in [-0.4, -0.2) is 13.1 Å². The monoisotopic (exact) mass is 537 g/mol. The van der Waals surface area contributed by atoms with E-state index in [1.165, 1.54) is 193 Å². The van der Waals surface area contributed by atoms with Gasteiger partial charge in [-0.05, 0) is 37.8 Å². The minimum Gasteiger partial charge on any atom is -0.330 e. The average Bonchev–Trinajstić information content (AvgIpc) is 2.93. The Morgan fingerprint density at radius 3 is 0.737 bits per heavy atom. The molecule has 0 aliphatic rings. The van der Waals surface area contributed by atoms with Gasteiger partial charge in [0.25, 0.3) is 0 Å². The van der Waals surface area contributed by atoms with Gasteiger partial charge in [-0.25, -0.2) is 0 Å². The quantitative estimate of drug-likeness (QED) is 0.0819. The molecule has 230 valence electrons. The lowest BCUT2D eigenvalue weighted by atomic mass is 9.78. The van der Waals surface area contributed by atoms with Gasteiger partial charge in [0.05, 0.1) is 0 Å². The normalized spacial score (nSPS) is 13.3. The lowest BCUT2D eigenvalue weighted by molar-refractivity contribution is 0.236. The molecule has 0 heterocycles. The highest BCUT2D eigenvalue weighted by Gasteiger charge is 2.20. The second-order valence-corrected chi connectivity index (χ2v) is 12.7. The van der Waals surface area contributed by atoms with Crippen LogP contribution in [-0.2, 0) is 0 Å². The Morgan fingerprint density at radius 1 is 0.289 bits per heavy atom. The fraction of sp³-hybridized carbons (Fsp3) is 1.00. The predicted octanol–water partition coefficient (Wildman–Crippen LogP) is 11.9.